The first kappa shape index (κ1) is 24.1. The van der Waals surface area contributed by atoms with Crippen molar-refractivity contribution in [2.45, 2.75) is 45.8 Å². The summed E-state index contributed by atoms with van der Waals surface area (Å²) in [7, 11) is 3.09. The lowest BCUT2D eigenvalue weighted by molar-refractivity contribution is -0.166. The molecule has 0 spiro atoms. The maximum Gasteiger partial charge on any atom is 0.334 e. The van der Waals surface area contributed by atoms with E-state index in [0.29, 0.717) is 63.2 Å². The molecular weight excluding hydrogens is 468 g/mol. The van der Waals surface area contributed by atoms with Gasteiger partial charge in [0.2, 0.25) is 25.1 Å². The van der Waals surface area contributed by atoms with Crippen LogP contribution in [0.4, 0.5) is 0 Å². The Kier molecular flexibility index (Phi) is 5.90. The molecular formula is C27H30O9. The minimum absolute atomic E-state index is 0.00858. The van der Waals surface area contributed by atoms with E-state index in [9.17, 15) is 9.90 Å². The monoisotopic (exact) mass is 498 g/mol. The molecule has 0 saturated heterocycles. The number of carbonyl (C=O) groups is 1. The smallest absolute Gasteiger partial charge is 0.334 e. The summed E-state index contributed by atoms with van der Waals surface area (Å²) in [4.78, 5) is 13.0. The normalized spacial score (nSPS) is 23.8. The Morgan fingerprint density at radius 1 is 1.03 bits per heavy atom. The predicted molar refractivity (Wildman–Crippen MR) is 129 cm³/mol. The van der Waals surface area contributed by atoms with Crippen LogP contribution in [0.25, 0.3) is 11.1 Å². The average molecular weight is 499 g/mol. The van der Waals surface area contributed by atoms with Gasteiger partial charge in [0.05, 0.1) is 14.2 Å². The predicted octanol–water partition coefficient (Wildman–Crippen LogP) is 4.32. The summed E-state index contributed by atoms with van der Waals surface area (Å²) in [6, 6.07) is 3.64. The van der Waals surface area contributed by atoms with Crippen molar-refractivity contribution in [2.75, 3.05) is 27.8 Å². The number of fused-ring (bicyclic) bond motifs is 5. The highest BCUT2D eigenvalue weighted by molar-refractivity contribution is 5.91. The molecule has 9 heteroatoms. The molecule has 2 aliphatic heterocycles. The summed E-state index contributed by atoms with van der Waals surface area (Å²) in [6.45, 7) is 7.10. The summed E-state index contributed by atoms with van der Waals surface area (Å²) in [6.07, 6.45) is 1.04. The van der Waals surface area contributed by atoms with Gasteiger partial charge < -0.3 is 38.3 Å². The van der Waals surface area contributed by atoms with Gasteiger partial charge in [0, 0.05) is 22.3 Å². The second-order valence-corrected chi connectivity index (χ2v) is 9.37. The third-order valence-electron chi connectivity index (χ3n) is 7.33. The van der Waals surface area contributed by atoms with E-state index in [1.807, 2.05) is 13.0 Å². The fourth-order valence-corrected chi connectivity index (χ4v) is 4.99. The molecule has 1 aliphatic carbocycles. The zero-order chi connectivity index (χ0) is 25.8. The van der Waals surface area contributed by atoms with Crippen LogP contribution in [-0.4, -0.2) is 44.5 Å². The maximum atomic E-state index is 13.0. The number of allylic oxidation sites excluding steroid dienone is 1. The van der Waals surface area contributed by atoms with Gasteiger partial charge in [-0.15, -0.1) is 0 Å². The Balaban J connectivity index is 1.88. The van der Waals surface area contributed by atoms with Crippen molar-refractivity contribution in [2.24, 2.45) is 5.92 Å². The van der Waals surface area contributed by atoms with E-state index in [-0.39, 0.29) is 19.5 Å². The second kappa shape index (κ2) is 8.81. The number of ether oxygens (including phenoxy) is 7. The van der Waals surface area contributed by atoms with Crippen molar-refractivity contribution in [3.8, 4) is 45.6 Å². The SMILES string of the molecule is C/C=C(\C)C(=O)O[C@@H]1c2cc3c(c(OC)c2-c2c(cc4c(c2OC)OCO4)C[C@@H](C)[C@@]1(C)O)OCO3. The maximum absolute atomic E-state index is 13.0. The van der Waals surface area contributed by atoms with Gasteiger partial charge in [-0.2, -0.15) is 0 Å². The molecule has 3 aliphatic rings. The lowest BCUT2D eigenvalue weighted by Gasteiger charge is -2.41. The van der Waals surface area contributed by atoms with E-state index < -0.39 is 17.7 Å². The highest BCUT2D eigenvalue weighted by atomic mass is 16.7. The average Bonchev–Trinajstić information content (AvgIpc) is 3.53. The zero-order valence-electron chi connectivity index (χ0n) is 21.2. The van der Waals surface area contributed by atoms with Gasteiger partial charge >= 0.3 is 5.97 Å². The number of hydrogen-bond acceptors (Lipinski definition) is 9. The topological polar surface area (TPSA) is 102 Å². The molecule has 9 nitrogen and oxygen atoms in total. The van der Waals surface area contributed by atoms with Crippen LogP contribution < -0.4 is 28.4 Å². The number of methoxy groups -OCH3 is 2. The van der Waals surface area contributed by atoms with E-state index in [2.05, 4.69) is 0 Å². The molecule has 36 heavy (non-hydrogen) atoms. The van der Waals surface area contributed by atoms with Crippen LogP contribution in [0.1, 0.15) is 44.9 Å². The van der Waals surface area contributed by atoms with Crippen LogP contribution in [-0.2, 0) is 16.0 Å². The fraction of sp³-hybridized carbons (Fsp3) is 0.444. The number of benzene rings is 2. The fourth-order valence-electron chi connectivity index (χ4n) is 4.99. The van der Waals surface area contributed by atoms with Gasteiger partial charge in [0.25, 0.3) is 0 Å². The molecule has 0 bridgehead atoms. The third-order valence-corrected chi connectivity index (χ3v) is 7.33. The molecule has 0 saturated carbocycles. The molecule has 0 amide bonds. The van der Waals surface area contributed by atoms with Gasteiger partial charge in [0.15, 0.2) is 29.1 Å². The van der Waals surface area contributed by atoms with E-state index in [4.69, 9.17) is 33.2 Å². The highest BCUT2D eigenvalue weighted by Crippen LogP contribution is 2.59. The second-order valence-electron chi connectivity index (χ2n) is 9.37. The molecule has 1 N–H and O–H groups in total. The Morgan fingerprint density at radius 2 is 1.61 bits per heavy atom. The highest BCUT2D eigenvalue weighted by Gasteiger charge is 2.47. The quantitative estimate of drug-likeness (QED) is 0.488. The molecule has 2 heterocycles. The molecule has 192 valence electrons. The zero-order valence-corrected chi connectivity index (χ0v) is 21.2. The molecule has 2 aromatic carbocycles. The van der Waals surface area contributed by atoms with E-state index in [0.717, 1.165) is 5.56 Å². The first-order valence-electron chi connectivity index (χ1n) is 11.8. The Morgan fingerprint density at radius 3 is 2.19 bits per heavy atom. The molecule has 2 aromatic rings. The number of hydrogen-bond donors (Lipinski definition) is 1. The minimum atomic E-state index is -1.46. The summed E-state index contributed by atoms with van der Waals surface area (Å²) >= 11 is 0. The van der Waals surface area contributed by atoms with E-state index in [1.165, 1.54) is 7.11 Å². The Labute approximate surface area is 209 Å². The number of rotatable bonds is 4. The third kappa shape index (κ3) is 3.52. The van der Waals surface area contributed by atoms with Crippen LogP contribution in [0, 0.1) is 5.92 Å². The molecule has 0 fully saturated rings. The number of aliphatic hydroxyl groups is 1. The first-order valence-corrected chi connectivity index (χ1v) is 11.8. The molecule has 0 radical (unpaired) electrons. The molecule has 3 atom stereocenters. The van der Waals surface area contributed by atoms with Gasteiger partial charge in [0.1, 0.15) is 5.60 Å². The van der Waals surface area contributed by atoms with Crippen molar-refractivity contribution in [3.63, 3.8) is 0 Å². The number of esters is 1. The summed E-state index contributed by atoms with van der Waals surface area (Å²) < 4.78 is 40.7. The van der Waals surface area contributed by atoms with Crippen molar-refractivity contribution in [1.82, 2.24) is 0 Å². The molecule has 0 unspecified atom stereocenters. The lowest BCUT2D eigenvalue weighted by Crippen LogP contribution is -2.44. The van der Waals surface area contributed by atoms with Crippen molar-refractivity contribution >= 4 is 5.97 Å². The largest absolute Gasteiger partial charge is 0.492 e. The van der Waals surface area contributed by atoms with Gasteiger partial charge in [-0.05, 0) is 50.8 Å². The van der Waals surface area contributed by atoms with Crippen molar-refractivity contribution in [1.29, 1.82) is 0 Å². The van der Waals surface area contributed by atoms with E-state index in [1.54, 1.807) is 40.0 Å². The van der Waals surface area contributed by atoms with Gasteiger partial charge in [-0.1, -0.05) is 13.0 Å². The Bertz CT molecular complexity index is 1260. The van der Waals surface area contributed by atoms with Crippen molar-refractivity contribution < 1.29 is 43.1 Å². The minimum Gasteiger partial charge on any atom is -0.492 e. The van der Waals surface area contributed by atoms with Crippen LogP contribution in [0.15, 0.2) is 23.8 Å². The van der Waals surface area contributed by atoms with Crippen LogP contribution >= 0.6 is 0 Å². The first-order chi connectivity index (χ1) is 17.2. The number of carbonyl (C=O) groups excluding carboxylic acids is 1. The van der Waals surface area contributed by atoms with Gasteiger partial charge in [-0.3, -0.25) is 0 Å². The lowest BCUT2D eigenvalue weighted by atomic mass is 9.73. The molecule has 5 rings (SSSR count). The standard InChI is InChI=1S/C27H30O9/c1-7-13(2)26(28)36-25-16-10-18-22(35-12-33-18)24(31-6)20(16)19-15(8-14(3)27(25,4)29)9-17-21(23(19)30-5)34-11-32-17/h7,9-10,14,25,29H,8,11-12H2,1-6H3/b13-7+/t14-,25-,27-/m1/s1. The summed E-state index contributed by atoms with van der Waals surface area (Å²) in [5.41, 5.74) is 1.59. The van der Waals surface area contributed by atoms with Gasteiger partial charge in [-0.25, -0.2) is 4.79 Å². The molecule has 0 aromatic heterocycles. The van der Waals surface area contributed by atoms with Crippen LogP contribution in [0.3, 0.4) is 0 Å². The van der Waals surface area contributed by atoms with E-state index >= 15 is 0 Å². The van der Waals surface area contributed by atoms with Crippen LogP contribution in [0.5, 0.6) is 34.5 Å². The Hall–Kier alpha value is -3.59. The van der Waals surface area contributed by atoms with Crippen molar-refractivity contribution in [3.05, 3.63) is 34.9 Å². The van der Waals surface area contributed by atoms with Crippen LogP contribution in [0.2, 0.25) is 0 Å². The summed E-state index contributed by atoms with van der Waals surface area (Å²) in [5, 5.41) is 11.9. The summed E-state index contributed by atoms with van der Waals surface area (Å²) in [5.74, 6) is 1.86.